The zero-order valence-corrected chi connectivity index (χ0v) is 17.8. The molecule has 3 rings (SSSR count). The van der Waals surface area contributed by atoms with Crippen LogP contribution < -0.4 is 20.5 Å². The SMILES string of the molecule is NS(=O)(=O)c1ccc(CN=C(NCCOc2ccccc2)NCCc2ccco2)cc1. The van der Waals surface area contributed by atoms with Crippen molar-refractivity contribution in [2.45, 2.75) is 17.9 Å². The summed E-state index contributed by atoms with van der Waals surface area (Å²) in [5, 5.41) is 11.7. The van der Waals surface area contributed by atoms with Gasteiger partial charge in [0.05, 0.1) is 24.2 Å². The highest BCUT2D eigenvalue weighted by molar-refractivity contribution is 7.89. The second-order valence-electron chi connectivity index (χ2n) is 6.70. The van der Waals surface area contributed by atoms with E-state index < -0.39 is 10.0 Å². The third kappa shape index (κ3) is 7.80. The van der Waals surface area contributed by atoms with E-state index in [1.807, 2.05) is 42.5 Å². The number of nitrogens with one attached hydrogen (secondary N) is 2. The summed E-state index contributed by atoms with van der Waals surface area (Å²) in [5.74, 6) is 2.32. The molecular weight excluding hydrogens is 416 g/mol. The van der Waals surface area contributed by atoms with Crippen molar-refractivity contribution in [2.24, 2.45) is 10.1 Å². The molecule has 8 nitrogen and oxygen atoms in total. The molecule has 0 saturated carbocycles. The van der Waals surface area contributed by atoms with Crippen LogP contribution in [0.25, 0.3) is 0 Å². The van der Waals surface area contributed by atoms with Gasteiger partial charge in [-0.1, -0.05) is 30.3 Å². The first kappa shape index (κ1) is 22.4. The number of hydrogen-bond donors (Lipinski definition) is 3. The zero-order chi connectivity index (χ0) is 21.9. The number of para-hydroxylation sites is 1. The second kappa shape index (κ2) is 11.2. The summed E-state index contributed by atoms with van der Waals surface area (Å²) in [6.07, 6.45) is 2.37. The average Bonchev–Trinajstić information content (AvgIpc) is 3.28. The maximum Gasteiger partial charge on any atom is 0.238 e. The Bertz CT molecular complexity index is 1050. The van der Waals surface area contributed by atoms with E-state index in [2.05, 4.69) is 15.6 Å². The van der Waals surface area contributed by atoms with Gasteiger partial charge in [-0.05, 0) is 42.0 Å². The predicted octanol–water partition coefficient (Wildman–Crippen LogP) is 2.28. The quantitative estimate of drug-likeness (QED) is 0.252. The van der Waals surface area contributed by atoms with Crippen molar-refractivity contribution in [2.75, 3.05) is 19.7 Å². The molecule has 0 aliphatic rings. The van der Waals surface area contributed by atoms with Gasteiger partial charge >= 0.3 is 0 Å². The van der Waals surface area contributed by atoms with Crippen molar-refractivity contribution < 1.29 is 17.6 Å². The van der Waals surface area contributed by atoms with Gasteiger partial charge in [0.15, 0.2) is 5.96 Å². The molecule has 0 unspecified atom stereocenters. The van der Waals surface area contributed by atoms with E-state index in [-0.39, 0.29) is 4.90 Å². The molecule has 0 saturated heterocycles. The molecule has 0 atom stereocenters. The number of benzene rings is 2. The summed E-state index contributed by atoms with van der Waals surface area (Å²) >= 11 is 0. The van der Waals surface area contributed by atoms with Gasteiger partial charge < -0.3 is 19.8 Å². The molecule has 0 fully saturated rings. The number of nitrogens with zero attached hydrogens (tertiary/aromatic N) is 1. The van der Waals surface area contributed by atoms with Crippen molar-refractivity contribution in [3.63, 3.8) is 0 Å². The summed E-state index contributed by atoms with van der Waals surface area (Å²) < 4.78 is 33.8. The van der Waals surface area contributed by atoms with Crippen LogP contribution in [0.15, 0.2) is 87.3 Å². The minimum absolute atomic E-state index is 0.0770. The van der Waals surface area contributed by atoms with Crippen molar-refractivity contribution in [1.29, 1.82) is 0 Å². The van der Waals surface area contributed by atoms with Crippen LogP contribution >= 0.6 is 0 Å². The molecule has 0 aliphatic heterocycles. The van der Waals surface area contributed by atoms with Crippen LogP contribution in [-0.2, 0) is 23.0 Å². The number of furan rings is 1. The van der Waals surface area contributed by atoms with Gasteiger partial charge in [0.1, 0.15) is 18.1 Å². The monoisotopic (exact) mass is 442 g/mol. The molecule has 9 heteroatoms. The summed E-state index contributed by atoms with van der Waals surface area (Å²) in [4.78, 5) is 4.65. The molecule has 0 aliphatic carbocycles. The summed E-state index contributed by atoms with van der Waals surface area (Å²) in [5.41, 5.74) is 0.861. The van der Waals surface area contributed by atoms with Gasteiger partial charge in [-0.3, -0.25) is 0 Å². The third-order valence-electron chi connectivity index (χ3n) is 4.32. The maximum atomic E-state index is 11.4. The van der Waals surface area contributed by atoms with Crippen molar-refractivity contribution in [1.82, 2.24) is 10.6 Å². The van der Waals surface area contributed by atoms with Crippen molar-refractivity contribution >= 4 is 16.0 Å². The highest BCUT2D eigenvalue weighted by atomic mass is 32.2. The van der Waals surface area contributed by atoms with Crippen LogP contribution in [0.4, 0.5) is 0 Å². The number of sulfonamides is 1. The first-order valence-corrected chi connectivity index (χ1v) is 11.4. The van der Waals surface area contributed by atoms with Gasteiger partial charge in [-0.2, -0.15) is 0 Å². The van der Waals surface area contributed by atoms with Gasteiger partial charge in [-0.25, -0.2) is 18.5 Å². The minimum atomic E-state index is -3.71. The van der Waals surface area contributed by atoms with E-state index in [4.69, 9.17) is 14.3 Å². The fraction of sp³-hybridized carbons (Fsp3) is 0.227. The lowest BCUT2D eigenvalue weighted by atomic mass is 10.2. The maximum absolute atomic E-state index is 11.4. The fourth-order valence-electron chi connectivity index (χ4n) is 2.74. The molecule has 0 amide bonds. The van der Waals surface area contributed by atoms with Crippen LogP contribution in [0, 0.1) is 0 Å². The van der Waals surface area contributed by atoms with Crippen LogP contribution in [0.2, 0.25) is 0 Å². The van der Waals surface area contributed by atoms with Gasteiger partial charge in [-0.15, -0.1) is 0 Å². The summed E-state index contributed by atoms with van der Waals surface area (Å²) in [7, 11) is -3.71. The van der Waals surface area contributed by atoms with E-state index in [0.717, 1.165) is 23.5 Å². The highest BCUT2D eigenvalue weighted by Crippen LogP contribution is 2.10. The Kier molecular flexibility index (Phi) is 8.08. The van der Waals surface area contributed by atoms with E-state index >= 15 is 0 Å². The molecule has 0 spiro atoms. The highest BCUT2D eigenvalue weighted by Gasteiger charge is 2.07. The number of guanidine groups is 1. The first-order valence-electron chi connectivity index (χ1n) is 9.85. The average molecular weight is 443 g/mol. The molecule has 164 valence electrons. The minimum Gasteiger partial charge on any atom is -0.492 e. The molecule has 31 heavy (non-hydrogen) atoms. The van der Waals surface area contributed by atoms with Gasteiger partial charge in [0.25, 0.3) is 0 Å². The summed E-state index contributed by atoms with van der Waals surface area (Å²) in [6.45, 7) is 2.06. The number of aliphatic imine (C=N–C) groups is 1. The molecular formula is C22H26N4O4S. The van der Waals surface area contributed by atoms with Gasteiger partial charge in [0, 0.05) is 13.0 Å². The Morgan fingerprint density at radius 1 is 0.968 bits per heavy atom. The number of ether oxygens (including phenoxy) is 1. The van der Waals surface area contributed by atoms with Crippen LogP contribution in [0.1, 0.15) is 11.3 Å². The Balaban J connectivity index is 1.55. The molecule has 0 bridgehead atoms. The molecule has 1 aromatic heterocycles. The molecule has 4 N–H and O–H groups in total. The van der Waals surface area contributed by atoms with E-state index in [9.17, 15) is 8.42 Å². The number of primary sulfonamides is 1. The van der Waals surface area contributed by atoms with Crippen LogP contribution in [-0.4, -0.2) is 34.1 Å². The Hall–Kier alpha value is -3.30. The van der Waals surface area contributed by atoms with Gasteiger partial charge in [0.2, 0.25) is 10.0 Å². The van der Waals surface area contributed by atoms with Crippen LogP contribution in [0.5, 0.6) is 5.75 Å². The number of nitrogens with two attached hydrogens (primary N) is 1. The van der Waals surface area contributed by atoms with Crippen LogP contribution in [0.3, 0.4) is 0 Å². The largest absolute Gasteiger partial charge is 0.492 e. The lowest BCUT2D eigenvalue weighted by Crippen LogP contribution is -2.40. The topological polar surface area (TPSA) is 119 Å². The van der Waals surface area contributed by atoms with Crippen molar-refractivity contribution in [3.8, 4) is 5.75 Å². The Morgan fingerprint density at radius 3 is 2.39 bits per heavy atom. The first-order chi connectivity index (χ1) is 15.0. The smallest absolute Gasteiger partial charge is 0.238 e. The lowest BCUT2D eigenvalue weighted by Gasteiger charge is -2.13. The molecule has 1 heterocycles. The standard InChI is InChI=1S/C22H26N4O4S/c23-31(27,28)21-10-8-18(9-11-21)17-26-22(24-13-12-20-7-4-15-29-20)25-14-16-30-19-5-2-1-3-6-19/h1-11,15H,12-14,16-17H2,(H2,23,27,28)(H2,24,25,26). The van der Waals surface area contributed by atoms with E-state index in [0.29, 0.717) is 32.2 Å². The number of rotatable bonds is 10. The number of hydrogen-bond acceptors (Lipinski definition) is 5. The third-order valence-corrected chi connectivity index (χ3v) is 5.25. The zero-order valence-electron chi connectivity index (χ0n) is 17.0. The Labute approximate surface area is 182 Å². The van der Waals surface area contributed by atoms with Crippen molar-refractivity contribution in [3.05, 3.63) is 84.3 Å². The normalized spacial score (nSPS) is 11.8. The summed E-state index contributed by atoms with van der Waals surface area (Å²) in [6, 6.07) is 19.7. The lowest BCUT2D eigenvalue weighted by molar-refractivity contribution is 0.322. The van der Waals surface area contributed by atoms with E-state index in [1.165, 1.54) is 12.1 Å². The van der Waals surface area contributed by atoms with E-state index in [1.54, 1.807) is 18.4 Å². The molecule has 3 aromatic rings. The predicted molar refractivity (Wildman–Crippen MR) is 119 cm³/mol. The molecule has 2 aromatic carbocycles. The Morgan fingerprint density at radius 2 is 1.71 bits per heavy atom. The fourth-order valence-corrected chi connectivity index (χ4v) is 3.26. The second-order valence-corrected chi connectivity index (χ2v) is 8.26. The molecule has 0 radical (unpaired) electrons.